The smallest absolute Gasteiger partial charge is 0.255 e. The van der Waals surface area contributed by atoms with Gasteiger partial charge in [-0.3, -0.25) is 4.79 Å². The molecule has 30 heavy (non-hydrogen) atoms. The maximum absolute atomic E-state index is 12.1. The van der Waals surface area contributed by atoms with Crippen molar-refractivity contribution in [3.63, 3.8) is 0 Å². The van der Waals surface area contributed by atoms with E-state index in [0.29, 0.717) is 11.1 Å². The lowest BCUT2D eigenvalue weighted by atomic mass is 9.97. The average molecular weight is 413 g/mol. The molecule has 0 aliphatic carbocycles. The van der Waals surface area contributed by atoms with Gasteiger partial charge in [-0.1, -0.05) is 18.2 Å². The predicted octanol–water partition coefficient (Wildman–Crippen LogP) is 0.682. The first-order chi connectivity index (χ1) is 14.4. The second kappa shape index (κ2) is 8.17. The van der Waals surface area contributed by atoms with Gasteiger partial charge in [0.1, 0.15) is 30.2 Å². The normalized spacial score (nSPS) is 26.6. The minimum atomic E-state index is -1.51. The summed E-state index contributed by atoms with van der Waals surface area (Å²) in [5.41, 5.74) is 2.35. The number of benzene rings is 2. The van der Waals surface area contributed by atoms with Crippen LogP contribution in [0.1, 0.15) is 5.56 Å². The first-order valence-electron chi connectivity index (χ1n) is 9.59. The van der Waals surface area contributed by atoms with E-state index in [1.807, 2.05) is 37.3 Å². The van der Waals surface area contributed by atoms with Gasteiger partial charge in [0, 0.05) is 11.6 Å². The summed E-state index contributed by atoms with van der Waals surface area (Å²) in [7, 11) is 0. The molecule has 5 atom stereocenters. The Morgan fingerprint density at radius 2 is 1.83 bits per heavy atom. The predicted molar refractivity (Wildman–Crippen MR) is 109 cm³/mol. The van der Waals surface area contributed by atoms with Gasteiger partial charge in [0.25, 0.3) is 5.56 Å². The van der Waals surface area contributed by atoms with E-state index in [1.54, 1.807) is 18.3 Å². The Morgan fingerprint density at radius 1 is 1.03 bits per heavy atom. The zero-order chi connectivity index (χ0) is 21.4. The van der Waals surface area contributed by atoms with Gasteiger partial charge in [0.2, 0.25) is 6.29 Å². The molecule has 1 aromatic heterocycles. The Kier molecular flexibility index (Phi) is 5.59. The van der Waals surface area contributed by atoms with Crippen LogP contribution in [-0.4, -0.2) is 62.7 Å². The van der Waals surface area contributed by atoms with E-state index in [2.05, 4.69) is 4.98 Å². The molecule has 3 aromatic rings. The van der Waals surface area contributed by atoms with Crippen molar-refractivity contribution in [2.75, 3.05) is 6.61 Å². The number of pyridine rings is 1. The highest BCUT2D eigenvalue weighted by Crippen LogP contribution is 2.32. The molecule has 1 aliphatic heterocycles. The van der Waals surface area contributed by atoms with Gasteiger partial charge < -0.3 is 34.9 Å². The van der Waals surface area contributed by atoms with Gasteiger partial charge in [0.05, 0.1) is 6.61 Å². The summed E-state index contributed by atoms with van der Waals surface area (Å²) in [6.07, 6.45) is -5.11. The second-order valence-corrected chi connectivity index (χ2v) is 7.37. The van der Waals surface area contributed by atoms with Crippen molar-refractivity contribution in [2.24, 2.45) is 0 Å². The number of ether oxygens (including phenoxy) is 2. The van der Waals surface area contributed by atoms with Crippen LogP contribution in [0.3, 0.4) is 0 Å². The highest BCUT2D eigenvalue weighted by atomic mass is 16.7. The topological polar surface area (TPSA) is 132 Å². The number of rotatable bonds is 4. The standard InChI is InChI=1S/C22H23NO7/c1-11-9-12(13-3-2-4-15-14(13)7-8-23-21(15)28)5-6-16(11)29-22-20(27)19(26)18(25)17(10-24)30-22/h2-9,17-20,22,24-27H,10H2,1H3,(H,23,28)/t17-,18-,19+,20+,22+/m1/s1. The lowest BCUT2D eigenvalue weighted by Crippen LogP contribution is -2.60. The first kappa shape index (κ1) is 20.5. The molecule has 8 nitrogen and oxygen atoms in total. The fraction of sp³-hybridized carbons (Fsp3) is 0.318. The molecule has 4 rings (SSSR count). The number of nitrogens with one attached hydrogen (secondary N) is 1. The monoisotopic (exact) mass is 413 g/mol. The van der Waals surface area contributed by atoms with Crippen LogP contribution in [-0.2, 0) is 4.74 Å². The lowest BCUT2D eigenvalue weighted by molar-refractivity contribution is -0.277. The summed E-state index contributed by atoms with van der Waals surface area (Å²) in [6.45, 7) is 1.30. The SMILES string of the molecule is Cc1cc(-c2cccc3c(=O)[nH]ccc23)ccc1O[C@H]1O[C@H](CO)[C@@H](O)[C@H](O)[C@@H]1O. The molecule has 8 heteroatoms. The van der Waals surface area contributed by atoms with Crippen LogP contribution in [0.2, 0.25) is 0 Å². The third kappa shape index (κ3) is 3.60. The zero-order valence-electron chi connectivity index (χ0n) is 16.2. The Bertz CT molecular complexity index is 1110. The molecule has 1 saturated heterocycles. The number of aliphatic hydroxyl groups excluding tert-OH is 4. The van der Waals surface area contributed by atoms with Crippen LogP contribution in [0.4, 0.5) is 0 Å². The maximum atomic E-state index is 12.1. The summed E-state index contributed by atoms with van der Waals surface area (Å²) in [5.74, 6) is 0.418. The Morgan fingerprint density at radius 3 is 2.57 bits per heavy atom. The summed E-state index contributed by atoms with van der Waals surface area (Å²) < 4.78 is 11.1. The molecule has 5 N–H and O–H groups in total. The average Bonchev–Trinajstić information content (AvgIpc) is 2.75. The van der Waals surface area contributed by atoms with Crippen molar-refractivity contribution >= 4 is 10.8 Å². The van der Waals surface area contributed by atoms with Gasteiger partial charge in [-0.15, -0.1) is 0 Å². The fourth-order valence-corrected chi connectivity index (χ4v) is 3.71. The van der Waals surface area contributed by atoms with Crippen LogP contribution in [0, 0.1) is 6.92 Å². The molecule has 2 heterocycles. The Labute approximate surface area is 172 Å². The molecular formula is C22H23NO7. The van der Waals surface area contributed by atoms with Crippen molar-refractivity contribution in [1.82, 2.24) is 4.98 Å². The van der Waals surface area contributed by atoms with E-state index in [9.17, 15) is 25.2 Å². The van der Waals surface area contributed by atoms with E-state index in [0.717, 1.165) is 22.1 Å². The van der Waals surface area contributed by atoms with E-state index in [4.69, 9.17) is 9.47 Å². The van der Waals surface area contributed by atoms with Crippen LogP contribution < -0.4 is 10.3 Å². The summed E-state index contributed by atoms with van der Waals surface area (Å²) in [6, 6.07) is 12.8. The number of H-pyrrole nitrogens is 1. The van der Waals surface area contributed by atoms with E-state index in [-0.39, 0.29) is 5.56 Å². The third-order valence-electron chi connectivity index (χ3n) is 5.39. The summed E-state index contributed by atoms with van der Waals surface area (Å²) in [4.78, 5) is 14.7. The number of hydrogen-bond donors (Lipinski definition) is 5. The molecule has 0 unspecified atom stereocenters. The number of aromatic amines is 1. The van der Waals surface area contributed by atoms with E-state index in [1.165, 1.54) is 0 Å². The molecule has 0 amide bonds. The van der Waals surface area contributed by atoms with Gasteiger partial charge in [-0.25, -0.2) is 0 Å². The maximum Gasteiger partial charge on any atom is 0.255 e. The van der Waals surface area contributed by atoms with Crippen LogP contribution >= 0.6 is 0 Å². The van der Waals surface area contributed by atoms with Crippen LogP contribution in [0.15, 0.2) is 53.5 Å². The van der Waals surface area contributed by atoms with Gasteiger partial charge in [-0.2, -0.15) is 0 Å². The molecule has 158 valence electrons. The minimum Gasteiger partial charge on any atom is -0.462 e. The van der Waals surface area contributed by atoms with Crippen molar-refractivity contribution < 1.29 is 29.9 Å². The molecule has 0 bridgehead atoms. The zero-order valence-corrected chi connectivity index (χ0v) is 16.2. The van der Waals surface area contributed by atoms with Crippen molar-refractivity contribution in [3.8, 4) is 16.9 Å². The Hall–Kier alpha value is -2.75. The second-order valence-electron chi connectivity index (χ2n) is 7.37. The van der Waals surface area contributed by atoms with Crippen molar-refractivity contribution in [3.05, 3.63) is 64.6 Å². The number of hydrogen-bond acceptors (Lipinski definition) is 7. The van der Waals surface area contributed by atoms with E-state index >= 15 is 0 Å². The van der Waals surface area contributed by atoms with Gasteiger partial charge in [-0.05, 0) is 53.3 Å². The quantitative estimate of drug-likeness (QED) is 0.425. The first-order valence-corrected chi connectivity index (χ1v) is 9.59. The number of fused-ring (bicyclic) bond motifs is 1. The highest BCUT2D eigenvalue weighted by molar-refractivity contribution is 5.96. The van der Waals surface area contributed by atoms with Crippen LogP contribution in [0.25, 0.3) is 21.9 Å². The molecule has 0 radical (unpaired) electrons. The largest absolute Gasteiger partial charge is 0.462 e. The van der Waals surface area contributed by atoms with Crippen molar-refractivity contribution in [2.45, 2.75) is 37.6 Å². The highest BCUT2D eigenvalue weighted by Gasteiger charge is 2.44. The molecule has 0 spiro atoms. The third-order valence-corrected chi connectivity index (χ3v) is 5.39. The number of aromatic nitrogens is 1. The van der Waals surface area contributed by atoms with Gasteiger partial charge in [0.15, 0.2) is 0 Å². The van der Waals surface area contributed by atoms with Gasteiger partial charge >= 0.3 is 0 Å². The minimum absolute atomic E-state index is 0.159. The Balaban J connectivity index is 1.63. The number of aliphatic hydroxyl groups is 4. The lowest BCUT2D eigenvalue weighted by Gasteiger charge is -2.39. The number of aryl methyl sites for hydroxylation is 1. The molecule has 1 aliphatic rings. The molecule has 0 saturated carbocycles. The fourth-order valence-electron chi connectivity index (χ4n) is 3.71. The molecular weight excluding hydrogens is 390 g/mol. The summed E-state index contributed by atoms with van der Waals surface area (Å²) >= 11 is 0. The van der Waals surface area contributed by atoms with Crippen molar-refractivity contribution in [1.29, 1.82) is 0 Å². The molecule has 2 aromatic carbocycles. The van der Waals surface area contributed by atoms with E-state index < -0.39 is 37.3 Å². The summed E-state index contributed by atoms with van der Waals surface area (Å²) in [5, 5.41) is 40.7. The molecule has 1 fully saturated rings. The van der Waals surface area contributed by atoms with Crippen LogP contribution in [0.5, 0.6) is 5.75 Å².